The predicted molar refractivity (Wildman–Crippen MR) is 71.0 cm³/mol. The summed E-state index contributed by atoms with van der Waals surface area (Å²) in [6.07, 6.45) is 0. The molecule has 2 rings (SSSR count). The number of aryl methyl sites for hydroxylation is 1. The number of benzene rings is 1. The van der Waals surface area contributed by atoms with E-state index in [1.807, 2.05) is 26.0 Å². The molecule has 96 valence electrons. The first-order valence-electron chi connectivity index (χ1n) is 6.16. The van der Waals surface area contributed by atoms with Crippen LogP contribution in [0.25, 0.3) is 11.5 Å². The summed E-state index contributed by atoms with van der Waals surface area (Å²) in [5, 5.41) is 3.97. The van der Waals surface area contributed by atoms with Crippen LogP contribution in [-0.4, -0.2) is 10.1 Å². The molecule has 2 aromatic rings. The van der Waals surface area contributed by atoms with Gasteiger partial charge in [0.25, 0.3) is 5.89 Å². The van der Waals surface area contributed by atoms with Crippen LogP contribution in [-0.2, 0) is 0 Å². The number of nitrogens with two attached hydrogens (primary N) is 1. The Hall–Kier alpha value is -1.68. The van der Waals surface area contributed by atoms with Gasteiger partial charge >= 0.3 is 0 Å². The molecule has 0 aliphatic carbocycles. The summed E-state index contributed by atoms with van der Waals surface area (Å²) in [5.74, 6) is 1.40. The molecule has 0 saturated heterocycles. The normalized spacial score (nSPS) is 13.0. The molecule has 1 heterocycles. The highest BCUT2D eigenvalue weighted by Gasteiger charge is 2.19. The van der Waals surface area contributed by atoms with Crippen molar-refractivity contribution in [3.8, 4) is 11.5 Å². The van der Waals surface area contributed by atoms with Crippen molar-refractivity contribution in [2.75, 3.05) is 0 Å². The molecule has 18 heavy (non-hydrogen) atoms. The van der Waals surface area contributed by atoms with Crippen LogP contribution < -0.4 is 5.73 Å². The second kappa shape index (κ2) is 4.90. The maximum Gasteiger partial charge on any atom is 0.258 e. The van der Waals surface area contributed by atoms with Gasteiger partial charge in [-0.15, -0.1) is 0 Å². The van der Waals surface area contributed by atoms with Crippen LogP contribution in [0.1, 0.15) is 36.8 Å². The zero-order valence-corrected chi connectivity index (χ0v) is 11.3. The molecule has 0 aliphatic heterocycles. The summed E-state index contributed by atoms with van der Waals surface area (Å²) in [4.78, 5) is 4.40. The Bertz CT molecular complexity index is 546. The third kappa shape index (κ3) is 2.29. The average Bonchev–Trinajstić information content (AvgIpc) is 2.80. The molecular formula is C14H19N3O. The van der Waals surface area contributed by atoms with Crippen LogP contribution in [0.15, 0.2) is 22.7 Å². The van der Waals surface area contributed by atoms with Crippen molar-refractivity contribution >= 4 is 0 Å². The third-order valence-corrected chi connectivity index (χ3v) is 3.29. The quantitative estimate of drug-likeness (QED) is 0.902. The molecule has 0 aliphatic rings. The summed E-state index contributed by atoms with van der Waals surface area (Å²) >= 11 is 0. The Kier molecular flexibility index (Phi) is 3.48. The number of hydrogen-bond acceptors (Lipinski definition) is 4. The van der Waals surface area contributed by atoms with Gasteiger partial charge < -0.3 is 10.3 Å². The van der Waals surface area contributed by atoms with E-state index in [1.165, 1.54) is 5.56 Å². The van der Waals surface area contributed by atoms with Crippen LogP contribution in [0.3, 0.4) is 0 Å². The van der Waals surface area contributed by atoms with Crippen molar-refractivity contribution in [1.29, 1.82) is 0 Å². The molecule has 0 saturated carbocycles. The van der Waals surface area contributed by atoms with Crippen molar-refractivity contribution < 1.29 is 4.52 Å². The summed E-state index contributed by atoms with van der Waals surface area (Å²) < 4.78 is 5.32. The number of aromatic nitrogens is 2. The topological polar surface area (TPSA) is 64.9 Å². The lowest BCUT2D eigenvalue weighted by Gasteiger charge is -2.09. The van der Waals surface area contributed by atoms with Crippen LogP contribution in [0.5, 0.6) is 0 Å². The van der Waals surface area contributed by atoms with Gasteiger partial charge in [-0.2, -0.15) is 4.98 Å². The van der Waals surface area contributed by atoms with Gasteiger partial charge in [0, 0.05) is 5.56 Å². The van der Waals surface area contributed by atoms with E-state index in [4.69, 9.17) is 10.3 Å². The highest BCUT2D eigenvalue weighted by atomic mass is 16.5. The monoisotopic (exact) mass is 245 g/mol. The van der Waals surface area contributed by atoms with E-state index in [9.17, 15) is 0 Å². The molecule has 1 atom stereocenters. The van der Waals surface area contributed by atoms with Crippen LogP contribution in [0.4, 0.5) is 0 Å². The number of hydrogen-bond donors (Lipinski definition) is 1. The summed E-state index contributed by atoms with van der Waals surface area (Å²) in [6, 6.07) is 5.85. The van der Waals surface area contributed by atoms with E-state index in [0.29, 0.717) is 11.7 Å². The molecule has 0 spiro atoms. The second-order valence-corrected chi connectivity index (χ2v) is 4.98. The lowest BCUT2D eigenvalue weighted by molar-refractivity contribution is 0.400. The molecule has 0 amide bonds. The largest absolute Gasteiger partial charge is 0.334 e. The van der Waals surface area contributed by atoms with Gasteiger partial charge in [-0.25, -0.2) is 0 Å². The van der Waals surface area contributed by atoms with Crippen molar-refractivity contribution in [1.82, 2.24) is 10.1 Å². The highest BCUT2D eigenvalue weighted by molar-refractivity contribution is 5.60. The molecular weight excluding hydrogens is 226 g/mol. The van der Waals surface area contributed by atoms with Gasteiger partial charge in [0.2, 0.25) is 0 Å². The fraction of sp³-hybridized carbons (Fsp3) is 0.429. The molecule has 2 N–H and O–H groups in total. The van der Waals surface area contributed by atoms with Crippen molar-refractivity contribution in [2.45, 2.75) is 33.7 Å². The van der Waals surface area contributed by atoms with E-state index in [0.717, 1.165) is 11.1 Å². The Labute approximate surface area is 107 Å². The van der Waals surface area contributed by atoms with Crippen LogP contribution >= 0.6 is 0 Å². The molecule has 4 heteroatoms. The standard InChI is InChI=1S/C14H19N3O/c1-8(2)12(15)13-16-14(18-17-13)11-7-5-6-9(3)10(11)4/h5-8,12H,15H2,1-4H3. The van der Waals surface area contributed by atoms with E-state index in [2.05, 4.69) is 30.1 Å². The second-order valence-electron chi connectivity index (χ2n) is 4.98. The number of rotatable bonds is 3. The van der Waals surface area contributed by atoms with Gasteiger partial charge in [-0.3, -0.25) is 0 Å². The molecule has 0 fully saturated rings. The Morgan fingerprint density at radius 1 is 1.22 bits per heavy atom. The fourth-order valence-electron chi connectivity index (χ4n) is 1.76. The fourth-order valence-corrected chi connectivity index (χ4v) is 1.76. The minimum atomic E-state index is -0.187. The van der Waals surface area contributed by atoms with E-state index < -0.39 is 0 Å². The van der Waals surface area contributed by atoms with Gasteiger partial charge in [0.1, 0.15) is 0 Å². The predicted octanol–water partition coefficient (Wildman–Crippen LogP) is 3.01. The summed E-state index contributed by atoms with van der Waals surface area (Å²) in [6.45, 7) is 8.20. The first-order valence-corrected chi connectivity index (χ1v) is 6.16. The van der Waals surface area contributed by atoms with E-state index in [1.54, 1.807) is 0 Å². The zero-order valence-electron chi connectivity index (χ0n) is 11.3. The molecule has 1 aromatic carbocycles. The van der Waals surface area contributed by atoms with Crippen LogP contribution in [0.2, 0.25) is 0 Å². The third-order valence-electron chi connectivity index (χ3n) is 3.29. The Morgan fingerprint density at radius 3 is 2.61 bits per heavy atom. The van der Waals surface area contributed by atoms with Gasteiger partial charge in [0.15, 0.2) is 5.82 Å². The first-order chi connectivity index (χ1) is 8.50. The lowest BCUT2D eigenvalue weighted by atomic mass is 10.0. The smallest absolute Gasteiger partial charge is 0.258 e. The molecule has 0 radical (unpaired) electrons. The Morgan fingerprint density at radius 2 is 1.94 bits per heavy atom. The highest BCUT2D eigenvalue weighted by Crippen LogP contribution is 2.25. The van der Waals surface area contributed by atoms with Gasteiger partial charge in [0.05, 0.1) is 6.04 Å². The van der Waals surface area contributed by atoms with Crippen molar-refractivity contribution in [3.05, 3.63) is 35.2 Å². The molecule has 1 aromatic heterocycles. The summed E-state index contributed by atoms with van der Waals surface area (Å²) in [7, 11) is 0. The first kappa shape index (κ1) is 12.8. The van der Waals surface area contributed by atoms with E-state index in [-0.39, 0.29) is 12.0 Å². The average molecular weight is 245 g/mol. The Balaban J connectivity index is 2.38. The van der Waals surface area contributed by atoms with Crippen LogP contribution in [0, 0.1) is 19.8 Å². The minimum Gasteiger partial charge on any atom is -0.334 e. The van der Waals surface area contributed by atoms with Crippen molar-refractivity contribution in [2.24, 2.45) is 11.7 Å². The number of nitrogens with zero attached hydrogens (tertiary/aromatic N) is 2. The maximum absolute atomic E-state index is 6.01. The van der Waals surface area contributed by atoms with Crippen molar-refractivity contribution in [3.63, 3.8) is 0 Å². The molecule has 0 bridgehead atoms. The maximum atomic E-state index is 6.01. The lowest BCUT2D eigenvalue weighted by Crippen LogP contribution is -2.18. The van der Waals surface area contributed by atoms with Gasteiger partial charge in [-0.1, -0.05) is 31.1 Å². The zero-order chi connectivity index (χ0) is 13.3. The van der Waals surface area contributed by atoms with E-state index >= 15 is 0 Å². The summed E-state index contributed by atoms with van der Waals surface area (Å²) in [5.41, 5.74) is 9.36. The van der Waals surface area contributed by atoms with Gasteiger partial charge in [-0.05, 0) is 37.0 Å². The SMILES string of the molecule is Cc1cccc(-c2nc(C(N)C(C)C)no2)c1C. The molecule has 4 nitrogen and oxygen atoms in total. The molecule has 1 unspecified atom stereocenters. The minimum absolute atomic E-state index is 0.187.